The van der Waals surface area contributed by atoms with Gasteiger partial charge in [-0.2, -0.15) is 0 Å². The number of halogens is 2. The standard InChI is InChI=1S/C34H35Cl2N3O4S/c1-4-26-13-8-9-16-31(26)39(44(42,43)27-19-17-24(2)18-20-27)23-33(40)38(22-28-29(35)14-10-15-30(28)36)32(34(41)37-3)21-25-11-6-5-7-12-25/h5-20,32H,4,21-23H2,1-3H3,(H,37,41)/t32-/m0/s1. The van der Waals surface area contributed by atoms with Crippen LogP contribution >= 0.6 is 23.2 Å². The number of hydrogen-bond donors (Lipinski definition) is 1. The van der Waals surface area contributed by atoms with Gasteiger partial charge in [0.15, 0.2) is 0 Å². The number of likely N-dealkylation sites (N-methyl/N-ethyl adjacent to an activating group) is 1. The Kier molecular flexibility index (Phi) is 11.1. The summed E-state index contributed by atoms with van der Waals surface area (Å²) in [5, 5.41) is 3.32. The third-order valence-electron chi connectivity index (χ3n) is 7.44. The third kappa shape index (κ3) is 7.62. The van der Waals surface area contributed by atoms with Crippen molar-refractivity contribution in [3.05, 3.63) is 129 Å². The number of anilines is 1. The minimum atomic E-state index is -4.20. The summed E-state index contributed by atoms with van der Waals surface area (Å²) in [5.74, 6) is -1.00. The smallest absolute Gasteiger partial charge is 0.264 e. The lowest BCUT2D eigenvalue weighted by Crippen LogP contribution is -2.53. The van der Waals surface area contributed by atoms with Gasteiger partial charge in [0.05, 0.1) is 10.6 Å². The first kappa shape index (κ1) is 33.1. The molecule has 0 spiro atoms. The van der Waals surface area contributed by atoms with Crippen molar-refractivity contribution in [2.45, 2.75) is 44.2 Å². The van der Waals surface area contributed by atoms with Gasteiger partial charge in [-0.25, -0.2) is 8.42 Å². The first-order valence-electron chi connectivity index (χ1n) is 14.2. The monoisotopic (exact) mass is 651 g/mol. The zero-order valence-electron chi connectivity index (χ0n) is 24.8. The molecule has 0 aliphatic heterocycles. The Morgan fingerprint density at radius 2 is 1.45 bits per heavy atom. The summed E-state index contributed by atoms with van der Waals surface area (Å²) in [7, 11) is -2.70. The molecule has 2 amide bonds. The highest BCUT2D eigenvalue weighted by atomic mass is 35.5. The van der Waals surface area contributed by atoms with Gasteiger partial charge in [0.1, 0.15) is 12.6 Å². The van der Waals surface area contributed by atoms with Crippen LogP contribution in [0.5, 0.6) is 0 Å². The van der Waals surface area contributed by atoms with E-state index in [1.807, 2.05) is 56.3 Å². The number of carbonyl (C=O) groups is 2. The van der Waals surface area contributed by atoms with Crippen LogP contribution in [-0.4, -0.2) is 44.8 Å². The maximum atomic E-state index is 14.5. The van der Waals surface area contributed by atoms with Crippen LogP contribution in [0.15, 0.2) is 102 Å². The molecule has 4 rings (SSSR count). The van der Waals surface area contributed by atoms with Crippen molar-refractivity contribution in [2.75, 3.05) is 17.9 Å². The molecular weight excluding hydrogens is 617 g/mol. The Morgan fingerprint density at radius 1 is 0.841 bits per heavy atom. The molecule has 0 bridgehead atoms. The molecule has 0 saturated heterocycles. The SMILES string of the molecule is CCc1ccccc1N(CC(=O)N(Cc1c(Cl)cccc1Cl)[C@@H](Cc1ccccc1)C(=O)NC)S(=O)(=O)c1ccc(C)cc1. The van der Waals surface area contributed by atoms with Gasteiger partial charge in [-0.1, -0.05) is 102 Å². The molecule has 230 valence electrons. The van der Waals surface area contributed by atoms with E-state index < -0.39 is 34.4 Å². The van der Waals surface area contributed by atoms with Crippen LogP contribution < -0.4 is 9.62 Å². The number of hydrogen-bond acceptors (Lipinski definition) is 4. The average molecular weight is 653 g/mol. The van der Waals surface area contributed by atoms with E-state index in [4.69, 9.17) is 23.2 Å². The number of carbonyl (C=O) groups excluding carboxylic acids is 2. The largest absolute Gasteiger partial charge is 0.357 e. The maximum absolute atomic E-state index is 14.5. The highest BCUT2D eigenvalue weighted by molar-refractivity contribution is 7.92. The highest BCUT2D eigenvalue weighted by Crippen LogP contribution is 2.30. The van der Waals surface area contributed by atoms with E-state index in [1.165, 1.54) is 24.1 Å². The maximum Gasteiger partial charge on any atom is 0.264 e. The van der Waals surface area contributed by atoms with E-state index in [0.29, 0.717) is 27.7 Å². The fraction of sp³-hybridized carbons (Fsp3) is 0.235. The number of rotatable bonds is 12. The van der Waals surface area contributed by atoms with Crippen LogP contribution in [0.3, 0.4) is 0 Å². The van der Waals surface area contributed by atoms with Gasteiger partial charge in [0.25, 0.3) is 10.0 Å². The second-order valence-electron chi connectivity index (χ2n) is 10.3. The molecule has 1 atom stereocenters. The number of para-hydroxylation sites is 1. The Morgan fingerprint density at radius 3 is 2.07 bits per heavy atom. The second-order valence-corrected chi connectivity index (χ2v) is 13.0. The van der Waals surface area contributed by atoms with Gasteiger partial charge in [-0.15, -0.1) is 0 Å². The average Bonchev–Trinajstić information content (AvgIpc) is 3.02. The second kappa shape index (κ2) is 14.8. The number of nitrogens with zero attached hydrogens (tertiary/aromatic N) is 2. The Balaban J connectivity index is 1.85. The van der Waals surface area contributed by atoms with Crippen molar-refractivity contribution >= 4 is 50.7 Å². The van der Waals surface area contributed by atoms with Crippen molar-refractivity contribution in [1.29, 1.82) is 0 Å². The molecule has 4 aromatic carbocycles. The predicted octanol–water partition coefficient (Wildman–Crippen LogP) is 6.45. The molecule has 44 heavy (non-hydrogen) atoms. The first-order valence-corrected chi connectivity index (χ1v) is 16.4. The van der Waals surface area contributed by atoms with Crippen LogP contribution in [0.1, 0.15) is 29.2 Å². The highest BCUT2D eigenvalue weighted by Gasteiger charge is 2.35. The number of nitrogens with one attached hydrogen (secondary N) is 1. The fourth-order valence-corrected chi connectivity index (χ4v) is 6.95. The molecule has 0 fully saturated rings. The summed E-state index contributed by atoms with van der Waals surface area (Å²) in [6.07, 6.45) is 0.725. The number of sulfonamides is 1. The zero-order chi connectivity index (χ0) is 31.9. The lowest BCUT2D eigenvalue weighted by atomic mass is 10.0. The Bertz CT molecular complexity index is 1690. The van der Waals surface area contributed by atoms with Gasteiger partial charge >= 0.3 is 0 Å². The lowest BCUT2D eigenvalue weighted by Gasteiger charge is -2.34. The van der Waals surface area contributed by atoms with Crippen LogP contribution in [0.25, 0.3) is 0 Å². The van der Waals surface area contributed by atoms with E-state index in [2.05, 4.69) is 5.32 Å². The molecular formula is C34H35Cl2N3O4S. The first-order chi connectivity index (χ1) is 21.1. The molecule has 7 nitrogen and oxygen atoms in total. The fourth-order valence-electron chi connectivity index (χ4n) is 4.98. The predicted molar refractivity (Wildman–Crippen MR) is 177 cm³/mol. The summed E-state index contributed by atoms with van der Waals surface area (Å²) in [4.78, 5) is 29.3. The van der Waals surface area contributed by atoms with Crippen LogP contribution in [0, 0.1) is 6.92 Å². The third-order valence-corrected chi connectivity index (χ3v) is 9.92. The van der Waals surface area contributed by atoms with E-state index in [-0.39, 0.29) is 17.9 Å². The molecule has 0 unspecified atom stereocenters. The van der Waals surface area contributed by atoms with Crippen LogP contribution in [-0.2, 0) is 39.0 Å². The Labute approximate surface area is 269 Å². The quantitative estimate of drug-likeness (QED) is 0.191. The summed E-state index contributed by atoms with van der Waals surface area (Å²) < 4.78 is 29.6. The lowest BCUT2D eigenvalue weighted by molar-refractivity contribution is -0.139. The van der Waals surface area contributed by atoms with Gasteiger partial charge in [-0.05, 0) is 54.8 Å². The molecule has 10 heteroatoms. The van der Waals surface area contributed by atoms with Crippen molar-refractivity contribution in [2.24, 2.45) is 0 Å². The summed E-state index contributed by atoms with van der Waals surface area (Å²) in [6, 6.07) is 26.9. The van der Waals surface area contributed by atoms with Gasteiger partial charge in [0, 0.05) is 35.6 Å². The molecule has 0 radical (unpaired) electrons. The molecule has 1 N–H and O–H groups in total. The van der Waals surface area contributed by atoms with E-state index in [0.717, 1.165) is 21.0 Å². The molecule has 0 aliphatic rings. The molecule has 0 aliphatic carbocycles. The van der Waals surface area contributed by atoms with Crippen molar-refractivity contribution < 1.29 is 18.0 Å². The summed E-state index contributed by atoms with van der Waals surface area (Å²) in [6.45, 7) is 3.12. The molecule has 4 aromatic rings. The minimum Gasteiger partial charge on any atom is -0.357 e. The van der Waals surface area contributed by atoms with Gasteiger partial charge in [0.2, 0.25) is 11.8 Å². The van der Waals surface area contributed by atoms with Crippen LogP contribution in [0.2, 0.25) is 10.0 Å². The van der Waals surface area contributed by atoms with E-state index in [9.17, 15) is 18.0 Å². The summed E-state index contributed by atoms with van der Waals surface area (Å²) >= 11 is 13.1. The Hall–Kier alpha value is -3.85. The molecule has 0 aromatic heterocycles. The van der Waals surface area contributed by atoms with Crippen molar-refractivity contribution in [1.82, 2.24) is 10.2 Å². The molecule has 0 saturated carbocycles. The number of aryl methyl sites for hydroxylation is 2. The summed E-state index contributed by atoms with van der Waals surface area (Å²) in [5.41, 5.74) is 3.32. The van der Waals surface area contributed by atoms with Crippen LogP contribution in [0.4, 0.5) is 5.69 Å². The number of benzene rings is 4. The minimum absolute atomic E-state index is 0.0506. The van der Waals surface area contributed by atoms with Crippen molar-refractivity contribution in [3.63, 3.8) is 0 Å². The van der Waals surface area contributed by atoms with Gasteiger partial charge in [-0.3, -0.25) is 13.9 Å². The normalized spacial score (nSPS) is 11.9. The molecule has 0 heterocycles. The van der Waals surface area contributed by atoms with E-state index in [1.54, 1.807) is 42.5 Å². The zero-order valence-corrected chi connectivity index (χ0v) is 27.2. The van der Waals surface area contributed by atoms with Gasteiger partial charge < -0.3 is 10.2 Å². The topological polar surface area (TPSA) is 86.8 Å². The van der Waals surface area contributed by atoms with Crippen molar-refractivity contribution in [3.8, 4) is 0 Å². The number of amides is 2. The van der Waals surface area contributed by atoms with E-state index >= 15 is 0 Å².